The second-order valence-corrected chi connectivity index (χ2v) is 6.39. The van der Waals surface area contributed by atoms with Gasteiger partial charge in [-0.3, -0.25) is 4.79 Å². The number of hydrogen-bond acceptors (Lipinski definition) is 3. The van der Waals surface area contributed by atoms with Crippen molar-refractivity contribution >= 4 is 17.3 Å². The first-order valence-electron chi connectivity index (χ1n) is 8.46. The summed E-state index contributed by atoms with van der Waals surface area (Å²) >= 11 is 0. The van der Waals surface area contributed by atoms with E-state index in [2.05, 4.69) is 31.1 Å². The third kappa shape index (κ3) is 5.68. The lowest BCUT2D eigenvalue weighted by molar-refractivity contribution is -0.114. The molecule has 4 nitrogen and oxygen atoms in total. The van der Waals surface area contributed by atoms with Crippen molar-refractivity contribution in [2.75, 3.05) is 23.8 Å². The molecule has 2 aromatic carbocycles. The lowest BCUT2D eigenvalue weighted by Gasteiger charge is -2.15. The Bertz CT molecular complexity index is 738. The summed E-state index contributed by atoms with van der Waals surface area (Å²) in [6.45, 7) is 10.6. The van der Waals surface area contributed by atoms with Crippen molar-refractivity contribution in [3.8, 4) is 5.75 Å². The first-order valence-corrected chi connectivity index (χ1v) is 8.46. The first-order chi connectivity index (χ1) is 12.0. The molecule has 4 heteroatoms. The highest BCUT2D eigenvalue weighted by atomic mass is 16.5. The molecule has 0 spiro atoms. The predicted octanol–water partition coefficient (Wildman–Crippen LogP) is 4.82. The van der Waals surface area contributed by atoms with E-state index in [-0.39, 0.29) is 12.5 Å². The average Bonchev–Trinajstić information content (AvgIpc) is 2.59. The SMILES string of the molecule is C=C(C)COc1ccccc1NCC(=O)Nc1ccccc1C(C)C. The maximum atomic E-state index is 12.3. The van der Waals surface area contributed by atoms with E-state index in [1.807, 2.05) is 55.5 Å². The van der Waals surface area contributed by atoms with Gasteiger partial charge in [-0.25, -0.2) is 0 Å². The monoisotopic (exact) mass is 338 g/mol. The first kappa shape index (κ1) is 18.6. The smallest absolute Gasteiger partial charge is 0.243 e. The van der Waals surface area contributed by atoms with Crippen LogP contribution in [0.25, 0.3) is 0 Å². The summed E-state index contributed by atoms with van der Waals surface area (Å²) in [6.07, 6.45) is 0. The molecule has 0 saturated carbocycles. The molecular formula is C21H26N2O2. The molecule has 2 rings (SSSR count). The van der Waals surface area contributed by atoms with Crippen molar-refractivity contribution in [3.05, 3.63) is 66.2 Å². The lowest BCUT2D eigenvalue weighted by atomic mass is 10.0. The Morgan fingerprint density at radius 2 is 1.72 bits per heavy atom. The minimum absolute atomic E-state index is 0.0946. The molecule has 0 saturated heterocycles. The zero-order chi connectivity index (χ0) is 18.2. The van der Waals surface area contributed by atoms with Crippen molar-refractivity contribution < 1.29 is 9.53 Å². The second kappa shape index (κ2) is 8.92. The fourth-order valence-corrected chi connectivity index (χ4v) is 2.42. The van der Waals surface area contributed by atoms with Crippen LogP contribution >= 0.6 is 0 Å². The third-order valence-electron chi connectivity index (χ3n) is 3.66. The summed E-state index contributed by atoms with van der Waals surface area (Å²) in [5.41, 5.74) is 3.71. The molecule has 25 heavy (non-hydrogen) atoms. The van der Waals surface area contributed by atoms with Crippen LogP contribution in [0.2, 0.25) is 0 Å². The van der Waals surface area contributed by atoms with Crippen molar-refractivity contribution in [2.45, 2.75) is 26.7 Å². The summed E-state index contributed by atoms with van der Waals surface area (Å²) in [4.78, 5) is 12.3. The van der Waals surface area contributed by atoms with Crippen molar-refractivity contribution in [2.24, 2.45) is 0 Å². The molecule has 0 unspecified atom stereocenters. The van der Waals surface area contributed by atoms with Gasteiger partial charge in [0.25, 0.3) is 0 Å². The molecule has 0 heterocycles. The Kier molecular flexibility index (Phi) is 6.63. The zero-order valence-electron chi connectivity index (χ0n) is 15.1. The van der Waals surface area contributed by atoms with Gasteiger partial charge >= 0.3 is 0 Å². The number of nitrogens with one attached hydrogen (secondary N) is 2. The fraction of sp³-hybridized carbons (Fsp3) is 0.286. The summed E-state index contributed by atoms with van der Waals surface area (Å²) in [6, 6.07) is 15.4. The van der Waals surface area contributed by atoms with Gasteiger partial charge in [0.15, 0.2) is 0 Å². The number of carbonyl (C=O) groups is 1. The summed E-state index contributed by atoms with van der Waals surface area (Å²) in [5, 5.41) is 6.11. The van der Waals surface area contributed by atoms with E-state index >= 15 is 0 Å². The van der Waals surface area contributed by atoms with Crippen molar-refractivity contribution in [1.82, 2.24) is 0 Å². The molecule has 0 bridgehead atoms. The molecule has 0 radical (unpaired) electrons. The van der Waals surface area contributed by atoms with Gasteiger partial charge in [0, 0.05) is 5.69 Å². The topological polar surface area (TPSA) is 50.4 Å². The van der Waals surface area contributed by atoms with Crippen LogP contribution in [0.5, 0.6) is 5.75 Å². The maximum absolute atomic E-state index is 12.3. The van der Waals surface area contributed by atoms with Gasteiger partial charge < -0.3 is 15.4 Å². The Labute approximate surface area is 149 Å². The highest BCUT2D eigenvalue weighted by Gasteiger charge is 2.10. The molecule has 132 valence electrons. The number of hydrogen-bond donors (Lipinski definition) is 2. The number of rotatable bonds is 8. The van der Waals surface area contributed by atoms with Gasteiger partial charge in [0.1, 0.15) is 12.4 Å². The minimum atomic E-state index is -0.0946. The highest BCUT2D eigenvalue weighted by molar-refractivity contribution is 5.94. The van der Waals surface area contributed by atoms with Gasteiger partial charge in [-0.15, -0.1) is 0 Å². The fourth-order valence-electron chi connectivity index (χ4n) is 2.42. The Hall–Kier alpha value is -2.75. The largest absolute Gasteiger partial charge is 0.487 e. The van der Waals surface area contributed by atoms with Gasteiger partial charge in [0.2, 0.25) is 5.91 Å². The van der Waals surface area contributed by atoms with E-state index in [0.29, 0.717) is 18.3 Å². The number of para-hydroxylation sites is 3. The van der Waals surface area contributed by atoms with E-state index in [1.54, 1.807) is 0 Å². The molecule has 0 aliphatic heterocycles. The molecule has 0 aliphatic rings. The molecular weight excluding hydrogens is 312 g/mol. The van der Waals surface area contributed by atoms with Crippen LogP contribution in [0.15, 0.2) is 60.7 Å². The number of benzene rings is 2. The normalized spacial score (nSPS) is 10.4. The van der Waals surface area contributed by atoms with E-state index in [4.69, 9.17) is 4.74 Å². The molecule has 1 amide bonds. The van der Waals surface area contributed by atoms with Crippen LogP contribution in [0.3, 0.4) is 0 Å². The lowest BCUT2D eigenvalue weighted by Crippen LogP contribution is -2.22. The van der Waals surface area contributed by atoms with Crippen LogP contribution < -0.4 is 15.4 Å². The van der Waals surface area contributed by atoms with E-state index in [1.165, 1.54) is 0 Å². The molecule has 0 aromatic heterocycles. The van der Waals surface area contributed by atoms with Gasteiger partial charge in [-0.2, -0.15) is 0 Å². The molecule has 2 N–H and O–H groups in total. The predicted molar refractivity (Wildman–Crippen MR) is 104 cm³/mol. The molecule has 2 aromatic rings. The summed E-state index contributed by atoms with van der Waals surface area (Å²) < 4.78 is 5.71. The number of ether oxygens (including phenoxy) is 1. The Morgan fingerprint density at radius 1 is 1.08 bits per heavy atom. The molecule has 0 atom stereocenters. The van der Waals surface area contributed by atoms with Gasteiger partial charge in [0.05, 0.1) is 12.2 Å². The third-order valence-corrected chi connectivity index (χ3v) is 3.66. The summed E-state index contributed by atoms with van der Waals surface area (Å²) in [7, 11) is 0. The van der Waals surface area contributed by atoms with Crippen molar-refractivity contribution in [1.29, 1.82) is 0 Å². The standard InChI is InChI=1S/C21H26N2O2/c1-15(2)14-25-20-12-8-7-11-19(20)22-13-21(24)23-18-10-6-5-9-17(18)16(3)4/h5-12,16,22H,1,13-14H2,2-4H3,(H,23,24). The Morgan fingerprint density at radius 3 is 2.40 bits per heavy atom. The zero-order valence-corrected chi connectivity index (χ0v) is 15.1. The van der Waals surface area contributed by atoms with E-state index in [9.17, 15) is 4.79 Å². The van der Waals surface area contributed by atoms with Crippen LogP contribution in [-0.4, -0.2) is 19.1 Å². The maximum Gasteiger partial charge on any atom is 0.243 e. The van der Waals surface area contributed by atoms with Gasteiger partial charge in [-0.1, -0.05) is 50.8 Å². The van der Waals surface area contributed by atoms with E-state index < -0.39 is 0 Å². The highest BCUT2D eigenvalue weighted by Crippen LogP contribution is 2.25. The van der Waals surface area contributed by atoms with Gasteiger partial charge in [-0.05, 0) is 42.2 Å². The molecule has 0 fully saturated rings. The summed E-state index contributed by atoms with van der Waals surface area (Å²) in [5.74, 6) is 0.962. The van der Waals surface area contributed by atoms with Crippen LogP contribution in [0.4, 0.5) is 11.4 Å². The van der Waals surface area contributed by atoms with Crippen molar-refractivity contribution in [3.63, 3.8) is 0 Å². The quantitative estimate of drug-likeness (QED) is 0.679. The molecule has 0 aliphatic carbocycles. The van der Waals surface area contributed by atoms with Crippen LogP contribution in [0, 0.1) is 0 Å². The minimum Gasteiger partial charge on any atom is -0.487 e. The number of amides is 1. The number of carbonyl (C=O) groups excluding carboxylic acids is 1. The number of anilines is 2. The van der Waals surface area contributed by atoms with Crippen LogP contribution in [-0.2, 0) is 4.79 Å². The average molecular weight is 338 g/mol. The van der Waals surface area contributed by atoms with E-state index in [0.717, 1.165) is 22.5 Å². The van der Waals surface area contributed by atoms with Crippen LogP contribution in [0.1, 0.15) is 32.3 Å². The Balaban J connectivity index is 1.98. The second-order valence-electron chi connectivity index (χ2n) is 6.39.